The van der Waals surface area contributed by atoms with Crippen LogP contribution in [0.25, 0.3) is 0 Å². The van der Waals surface area contributed by atoms with Crippen molar-refractivity contribution in [2.24, 2.45) is 0 Å². The van der Waals surface area contributed by atoms with Gasteiger partial charge in [0.05, 0.1) is 7.11 Å². The fourth-order valence-corrected chi connectivity index (χ4v) is 1.60. The zero-order chi connectivity index (χ0) is 9.14. The Labute approximate surface area is 79.2 Å². The molecule has 1 aromatic rings. The lowest BCUT2D eigenvalue weighted by Crippen LogP contribution is -1.90. The molecule has 0 aliphatic heterocycles. The molecule has 0 amide bonds. The normalized spacial score (nSPS) is 10.4. The standard InChI is InChI=1S/C10H14OS/c1-7(2)9-5-4-8(11-3)6-10(9)12/h4-7,12H,1-3H3. The maximum Gasteiger partial charge on any atom is 0.119 e. The lowest BCUT2D eigenvalue weighted by molar-refractivity contribution is 0.413. The highest BCUT2D eigenvalue weighted by Crippen LogP contribution is 2.26. The molecule has 0 aromatic heterocycles. The van der Waals surface area contributed by atoms with Gasteiger partial charge in [0.15, 0.2) is 0 Å². The molecular formula is C10H14OS. The van der Waals surface area contributed by atoms with E-state index in [4.69, 9.17) is 4.74 Å². The van der Waals surface area contributed by atoms with E-state index in [9.17, 15) is 0 Å². The smallest absolute Gasteiger partial charge is 0.119 e. The van der Waals surface area contributed by atoms with E-state index in [0.29, 0.717) is 5.92 Å². The Morgan fingerprint density at radius 1 is 1.33 bits per heavy atom. The van der Waals surface area contributed by atoms with Crippen molar-refractivity contribution in [2.45, 2.75) is 24.7 Å². The zero-order valence-electron chi connectivity index (χ0n) is 7.66. The predicted molar refractivity (Wildman–Crippen MR) is 54.3 cm³/mol. The van der Waals surface area contributed by atoms with E-state index < -0.39 is 0 Å². The number of hydrogen-bond donors (Lipinski definition) is 1. The van der Waals surface area contributed by atoms with Crippen molar-refractivity contribution >= 4 is 12.6 Å². The topological polar surface area (TPSA) is 9.23 Å². The Bertz CT molecular complexity index is 269. The van der Waals surface area contributed by atoms with Gasteiger partial charge in [-0.3, -0.25) is 0 Å². The molecule has 0 radical (unpaired) electrons. The van der Waals surface area contributed by atoms with Gasteiger partial charge in [0.25, 0.3) is 0 Å². The first-order valence-electron chi connectivity index (χ1n) is 4.02. The molecule has 0 saturated carbocycles. The van der Waals surface area contributed by atoms with Crippen molar-refractivity contribution in [3.63, 3.8) is 0 Å². The number of ether oxygens (including phenoxy) is 1. The highest BCUT2D eigenvalue weighted by molar-refractivity contribution is 7.80. The summed E-state index contributed by atoms with van der Waals surface area (Å²) in [6.45, 7) is 4.31. The first-order chi connectivity index (χ1) is 5.65. The molecular weight excluding hydrogens is 168 g/mol. The molecule has 0 fully saturated rings. The predicted octanol–water partition coefficient (Wildman–Crippen LogP) is 3.11. The van der Waals surface area contributed by atoms with Crippen LogP contribution in [0.1, 0.15) is 25.3 Å². The molecule has 2 heteroatoms. The van der Waals surface area contributed by atoms with E-state index >= 15 is 0 Å². The van der Waals surface area contributed by atoms with Crippen LogP contribution >= 0.6 is 12.6 Å². The second-order valence-corrected chi connectivity index (χ2v) is 3.56. The average Bonchev–Trinajstić information content (AvgIpc) is 2.03. The van der Waals surface area contributed by atoms with Gasteiger partial charge in [-0.05, 0) is 23.6 Å². The van der Waals surface area contributed by atoms with Gasteiger partial charge in [-0.1, -0.05) is 19.9 Å². The molecule has 0 aliphatic rings. The highest BCUT2D eigenvalue weighted by Gasteiger charge is 2.04. The van der Waals surface area contributed by atoms with Crippen LogP contribution in [-0.4, -0.2) is 7.11 Å². The number of rotatable bonds is 2. The van der Waals surface area contributed by atoms with Gasteiger partial charge < -0.3 is 4.74 Å². The number of hydrogen-bond acceptors (Lipinski definition) is 2. The molecule has 1 rings (SSSR count). The number of methoxy groups -OCH3 is 1. The van der Waals surface area contributed by atoms with E-state index in [1.165, 1.54) is 5.56 Å². The SMILES string of the molecule is COc1ccc(C(C)C)c(S)c1. The number of benzene rings is 1. The summed E-state index contributed by atoms with van der Waals surface area (Å²) >= 11 is 4.38. The summed E-state index contributed by atoms with van der Waals surface area (Å²) in [6.07, 6.45) is 0. The minimum absolute atomic E-state index is 0.517. The Kier molecular flexibility index (Phi) is 3.04. The quantitative estimate of drug-likeness (QED) is 0.691. The van der Waals surface area contributed by atoms with Crippen LogP contribution in [0.15, 0.2) is 23.1 Å². The maximum absolute atomic E-state index is 5.08. The first-order valence-corrected chi connectivity index (χ1v) is 4.46. The number of thiol groups is 1. The Morgan fingerprint density at radius 3 is 2.42 bits per heavy atom. The summed E-state index contributed by atoms with van der Waals surface area (Å²) in [5.74, 6) is 1.38. The summed E-state index contributed by atoms with van der Waals surface area (Å²) in [5.41, 5.74) is 1.26. The van der Waals surface area contributed by atoms with Gasteiger partial charge in [0.1, 0.15) is 5.75 Å². The van der Waals surface area contributed by atoms with E-state index in [-0.39, 0.29) is 0 Å². The van der Waals surface area contributed by atoms with Crippen molar-refractivity contribution in [1.82, 2.24) is 0 Å². The molecule has 0 unspecified atom stereocenters. The minimum Gasteiger partial charge on any atom is -0.497 e. The first kappa shape index (κ1) is 9.46. The van der Waals surface area contributed by atoms with Crippen LogP contribution in [0.5, 0.6) is 5.75 Å². The molecule has 1 nitrogen and oxygen atoms in total. The van der Waals surface area contributed by atoms with E-state index in [1.54, 1.807) is 7.11 Å². The molecule has 0 atom stereocenters. The Morgan fingerprint density at radius 2 is 2.00 bits per heavy atom. The monoisotopic (exact) mass is 182 g/mol. The van der Waals surface area contributed by atoms with E-state index in [0.717, 1.165) is 10.6 Å². The van der Waals surface area contributed by atoms with Crippen LogP contribution < -0.4 is 4.74 Å². The minimum atomic E-state index is 0.517. The van der Waals surface area contributed by atoms with E-state index in [2.05, 4.69) is 32.5 Å². The average molecular weight is 182 g/mol. The molecule has 0 spiro atoms. The summed E-state index contributed by atoms with van der Waals surface area (Å²) in [5, 5.41) is 0. The summed E-state index contributed by atoms with van der Waals surface area (Å²) in [4.78, 5) is 1.00. The molecule has 0 N–H and O–H groups in total. The van der Waals surface area contributed by atoms with Gasteiger partial charge in [-0.25, -0.2) is 0 Å². The van der Waals surface area contributed by atoms with Gasteiger partial charge in [0, 0.05) is 4.90 Å². The summed E-state index contributed by atoms with van der Waals surface area (Å²) in [7, 11) is 1.66. The van der Waals surface area contributed by atoms with Crippen LogP contribution in [0.4, 0.5) is 0 Å². The van der Waals surface area contributed by atoms with Gasteiger partial charge >= 0.3 is 0 Å². The van der Waals surface area contributed by atoms with Crippen LogP contribution in [0.3, 0.4) is 0 Å². The third kappa shape index (κ3) is 1.95. The van der Waals surface area contributed by atoms with Crippen LogP contribution in [0.2, 0.25) is 0 Å². The molecule has 12 heavy (non-hydrogen) atoms. The molecule has 0 bridgehead atoms. The van der Waals surface area contributed by atoms with Crippen molar-refractivity contribution in [1.29, 1.82) is 0 Å². The lowest BCUT2D eigenvalue weighted by Gasteiger charge is -2.09. The third-order valence-corrected chi connectivity index (χ3v) is 2.25. The van der Waals surface area contributed by atoms with E-state index in [1.807, 2.05) is 12.1 Å². The molecule has 66 valence electrons. The van der Waals surface area contributed by atoms with Crippen molar-refractivity contribution < 1.29 is 4.74 Å². The van der Waals surface area contributed by atoms with Crippen molar-refractivity contribution in [3.05, 3.63) is 23.8 Å². The fourth-order valence-electron chi connectivity index (χ4n) is 1.14. The van der Waals surface area contributed by atoms with Crippen molar-refractivity contribution in [2.75, 3.05) is 7.11 Å². The second kappa shape index (κ2) is 3.85. The molecule has 0 heterocycles. The summed E-state index contributed by atoms with van der Waals surface area (Å²) in [6, 6.07) is 5.97. The zero-order valence-corrected chi connectivity index (χ0v) is 8.56. The van der Waals surface area contributed by atoms with Crippen LogP contribution in [0, 0.1) is 0 Å². The molecule has 0 aliphatic carbocycles. The Balaban J connectivity index is 3.03. The highest BCUT2D eigenvalue weighted by atomic mass is 32.1. The van der Waals surface area contributed by atoms with Crippen LogP contribution in [-0.2, 0) is 0 Å². The summed E-state index contributed by atoms with van der Waals surface area (Å²) < 4.78 is 5.08. The fraction of sp³-hybridized carbons (Fsp3) is 0.400. The molecule has 0 saturated heterocycles. The van der Waals surface area contributed by atoms with Crippen molar-refractivity contribution in [3.8, 4) is 5.75 Å². The largest absolute Gasteiger partial charge is 0.497 e. The Hall–Kier alpha value is -0.630. The maximum atomic E-state index is 5.08. The third-order valence-electron chi connectivity index (χ3n) is 1.86. The molecule has 1 aromatic carbocycles. The van der Waals surface area contributed by atoms with Gasteiger partial charge in [-0.2, -0.15) is 0 Å². The van der Waals surface area contributed by atoms with Gasteiger partial charge in [0.2, 0.25) is 0 Å². The van der Waals surface area contributed by atoms with Gasteiger partial charge in [-0.15, -0.1) is 12.6 Å². The second-order valence-electron chi connectivity index (χ2n) is 3.08. The lowest BCUT2D eigenvalue weighted by atomic mass is 10.0.